The number of aromatic nitrogens is 2. The number of hydrazone groups is 1. The highest BCUT2D eigenvalue weighted by atomic mass is 19.1. The second-order valence-corrected chi connectivity index (χ2v) is 7.77. The van der Waals surface area contributed by atoms with Crippen molar-refractivity contribution >= 4 is 39.9 Å². The number of halogens is 2. The first-order valence-corrected chi connectivity index (χ1v) is 10.4. The molecule has 2 heterocycles. The minimum atomic E-state index is -0.866. The fourth-order valence-corrected chi connectivity index (χ4v) is 3.76. The third-order valence-corrected chi connectivity index (χ3v) is 5.43. The van der Waals surface area contributed by atoms with Gasteiger partial charge in [0.2, 0.25) is 5.91 Å². The molecule has 4 N–H and O–H groups in total. The predicted octanol–water partition coefficient (Wildman–Crippen LogP) is 3.57. The number of carbonyl (C=O) groups is 2. The van der Waals surface area contributed by atoms with Gasteiger partial charge in [-0.25, -0.2) is 13.8 Å². The molecule has 1 unspecified atom stereocenters. The molecule has 8 nitrogen and oxygen atoms in total. The largest absolute Gasteiger partial charge is 0.368 e. The molecule has 0 fully saturated rings. The average molecular weight is 460 g/mol. The van der Waals surface area contributed by atoms with Gasteiger partial charge >= 0.3 is 0 Å². The summed E-state index contributed by atoms with van der Waals surface area (Å²) >= 11 is 0. The summed E-state index contributed by atoms with van der Waals surface area (Å²) in [7, 11) is 0. The Kier molecular flexibility index (Phi) is 5.25. The van der Waals surface area contributed by atoms with Crippen LogP contribution in [0.1, 0.15) is 6.42 Å². The van der Waals surface area contributed by atoms with E-state index >= 15 is 0 Å². The Hall–Kier alpha value is -4.60. The Morgan fingerprint density at radius 1 is 1.03 bits per heavy atom. The van der Waals surface area contributed by atoms with Crippen molar-refractivity contribution in [2.75, 3.05) is 10.3 Å². The number of imidazole rings is 1. The predicted molar refractivity (Wildman–Crippen MR) is 124 cm³/mol. The summed E-state index contributed by atoms with van der Waals surface area (Å²) in [6, 6.07) is 15.7. The van der Waals surface area contributed by atoms with Gasteiger partial charge in [-0.05, 0) is 54.6 Å². The minimum Gasteiger partial charge on any atom is -0.368 e. The number of primary amides is 1. The van der Waals surface area contributed by atoms with Crippen LogP contribution < -0.4 is 16.1 Å². The Balaban J connectivity index is 1.37. The summed E-state index contributed by atoms with van der Waals surface area (Å²) in [6.07, 6.45) is 0.00850. The van der Waals surface area contributed by atoms with Crippen molar-refractivity contribution in [3.05, 3.63) is 78.4 Å². The molecule has 170 valence electrons. The normalized spacial score (nSPS) is 15.4. The molecule has 0 aliphatic carbocycles. The Bertz CT molecular complexity index is 1450. The fraction of sp³-hybridized carbons (Fsp3) is 0.0833. The molecule has 10 heteroatoms. The first-order chi connectivity index (χ1) is 16.4. The molecule has 0 spiro atoms. The quantitative estimate of drug-likeness (QED) is 0.422. The molecule has 0 saturated heterocycles. The van der Waals surface area contributed by atoms with Gasteiger partial charge in [-0.15, -0.1) is 0 Å². The minimum absolute atomic E-state index is 0.00850. The van der Waals surface area contributed by atoms with Gasteiger partial charge in [-0.1, -0.05) is 12.1 Å². The van der Waals surface area contributed by atoms with E-state index in [0.29, 0.717) is 33.8 Å². The molecule has 0 saturated carbocycles. The SMILES string of the molecule is NC(=O)C1CC(C(=O)Nc2ccc3nc(-c4cccc(F)c4)[nH]c3c2)=NN1c1ccc(F)cc1. The molecule has 1 aliphatic heterocycles. The van der Waals surface area contributed by atoms with Crippen LogP contribution in [0, 0.1) is 11.6 Å². The lowest BCUT2D eigenvalue weighted by Gasteiger charge is -2.20. The third kappa shape index (κ3) is 4.08. The second kappa shape index (κ2) is 8.39. The van der Waals surface area contributed by atoms with Crippen molar-refractivity contribution in [3.63, 3.8) is 0 Å². The van der Waals surface area contributed by atoms with Crippen LogP contribution in [0.2, 0.25) is 0 Å². The van der Waals surface area contributed by atoms with E-state index in [0.717, 1.165) is 0 Å². The lowest BCUT2D eigenvalue weighted by Crippen LogP contribution is -2.39. The van der Waals surface area contributed by atoms with Crippen molar-refractivity contribution in [1.29, 1.82) is 0 Å². The topological polar surface area (TPSA) is 116 Å². The first-order valence-electron chi connectivity index (χ1n) is 10.4. The Morgan fingerprint density at radius 3 is 2.56 bits per heavy atom. The van der Waals surface area contributed by atoms with Gasteiger partial charge in [-0.2, -0.15) is 5.10 Å². The smallest absolute Gasteiger partial charge is 0.271 e. The van der Waals surface area contributed by atoms with Gasteiger partial charge in [0, 0.05) is 17.7 Å². The Morgan fingerprint density at radius 2 is 1.82 bits per heavy atom. The summed E-state index contributed by atoms with van der Waals surface area (Å²) in [5, 5.41) is 8.34. The molecule has 0 bridgehead atoms. The maximum Gasteiger partial charge on any atom is 0.271 e. The van der Waals surface area contributed by atoms with E-state index in [1.54, 1.807) is 30.3 Å². The first kappa shape index (κ1) is 21.3. The number of rotatable bonds is 5. The van der Waals surface area contributed by atoms with Crippen LogP contribution in [0.15, 0.2) is 71.8 Å². The van der Waals surface area contributed by atoms with Gasteiger partial charge in [0.05, 0.1) is 16.7 Å². The van der Waals surface area contributed by atoms with Crippen LogP contribution in [-0.4, -0.2) is 33.5 Å². The van der Waals surface area contributed by atoms with Crippen molar-refractivity contribution in [3.8, 4) is 11.4 Å². The highest BCUT2D eigenvalue weighted by Crippen LogP contribution is 2.26. The van der Waals surface area contributed by atoms with Crippen LogP contribution in [0.25, 0.3) is 22.4 Å². The molecule has 3 aromatic carbocycles. The third-order valence-electron chi connectivity index (χ3n) is 5.43. The zero-order valence-electron chi connectivity index (χ0n) is 17.6. The number of nitrogens with two attached hydrogens (primary N) is 1. The standard InChI is InChI=1S/C24H18F2N6O2/c25-14-4-7-17(8-5-14)32-21(22(27)33)12-20(31-32)24(34)28-16-6-9-18-19(11-16)30-23(29-18)13-2-1-3-15(26)10-13/h1-11,21H,12H2,(H2,27,33)(H,28,34)(H,29,30). The monoisotopic (exact) mass is 460 g/mol. The summed E-state index contributed by atoms with van der Waals surface area (Å²) in [5.41, 5.74) is 8.42. The molecular weight excluding hydrogens is 442 g/mol. The number of anilines is 2. The summed E-state index contributed by atoms with van der Waals surface area (Å²) in [6.45, 7) is 0. The van der Waals surface area contributed by atoms with Crippen molar-refractivity contribution in [2.45, 2.75) is 12.5 Å². The van der Waals surface area contributed by atoms with E-state index in [4.69, 9.17) is 5.73 Å². The highest BCUT2D eigenvalue weighted by molar-refractivity contribution is 6.44. The fourth-order valence-electron chi connectivity index (χ4n) is 3.76. The van der Waals surface area contributed by atoms with E-state index in [9.17, 15) is 18.4 Å². The maximum atomic E-state index is 13.5. The van der Waals surface area contributed by atoms with E-state index in [-0.39, 0.29) is 17.9 Å². The summed E-state index contributed by atoms with van der Waals surface area (Å²) in [5.74, 6) is -1.46. The number of nitrogens with one attached hydrogen (secondary N) is 2. The average Bonchev–Trinajstić information content (AvgIpc) is 3.44. The number of hydrogen-bond acceptors (Lipinski definition) is 5. The Labute approximate surface area is 192 Å². The zero-order chi connectivity index (χ0) is 23.8. The van der Waals surface area contributed by atoms with E-state index < -0.39 is 23.7 Å². The lowest BCUT2D eigenvalue weighted by atomic mass is 10.1. The maximum absolute atomic E-state index is 13.5. The van der Waals surface area contributed by atoms with Gasteiger partial charge in [0.25, 0.3) is 5.91 Å². The molecular formula is C24H18F2N6O2. The van der Waals surface area contributed by atoms with Crippen molar-refractivity contribution in [2.24, 2.45) is 10.8 Å². The van der Waals surface area contributed by atoms with Gasteiger partial charge in [-0.3, -0.25) is 14.6 Å². The highest BCUT2D eigenvalue weighted by Gasteiger charge is 2.35. The van der Waals surface area contributed by atoms with E-state index in [1.807, 2.05) is 0 Å². The van der Waals surface area contributed by atoms with Crippen molar-refractivity contribution < 1.29 is 18.4 Å². The lowest BCUT2D eigenvalue weighted by molar-refractivity contribution is -0.119. The van der Waals surface area contributed by atoms with Crippen LogP contribution >= 0.6 is 0 Å². The molecule has 5 rings (SSSR count). The molecule has 34 heavy (non-hydrogen) atoms. The van der Waals surface area contributed by atoms with Gasteiger partial charge in [0.1, 0.15) is 29.2 Å². The van der Waals surface area contributed by atoms with Crippen LogP contribution in [0.4, 0.5) is 20.2 Å². The number of aromatic amines is 1. The molecule has 2 amide bonds. The number of fused-ring (bicyclic) bond motifs is 1. The number of amides is 2. The number of carbonyl (C=O) groups excluding carboxylic acids is 2. The summed E-state index contributed by atoms with van der Waals surface area (Å²) in [4.78, 5) is 32.4. The molecule has 4 aromatic rings. The van der Waals surface area contributed by atoms with Crippen molar-refractivity contribution in [1.82, 2.24) is 9.97 Å². The number of nitrogens with zero attached hydrogens (tertiary/aromatic N) is 3. The second-order valence-electron chi connectivity index (χ2n) is 7.77. The van der Waals surface area contributed by atoms with Crippen LogP contribution in [-0.2, 0) is 9.59 Å². The molecule has 1 atom stereocenters. The van der Waals surface area contributed by atoms with E-state index in [1.165, 1.54) is 41.4 Å². The molecule has 1 aliphatic rings. The number of hydrogen-bond donors (Lipinski definition) is 3. The van der Waals surface area contributed by atoms with Crippen LogP contribution in [0.3, 0.4) is 0 Å². The van der Waals surface area contributed by atoms with Gasteiger partial charge < -0.3 is 16.0 Å². The van der Waals surface area contributed by atoms with E-state index in [2.05, 4.69) is 20.4 Å². The number of H-pyrrole nitrogens is 1. The van der Waals surface area contributed by atoms with Crippen LogP contribution in [0.5, 0.6) is 0 Å². The zero-order valence-corrected chi connectivity index (χ0v) is 17.6. The molecule has 0 radical (unpaired) electrons. The molecule has 1 aromatic heterocycles. The van der Waals surface area contributed by atoms with Gasteiger partial charge in [0.15, 0.2) is 0 Å². The summed E-state index contributed by atoms with van der Waals surface area (Å²) < 4.78 is 26.8. The number of benzene rings is 3.